The zero-order chi connectivity index (χ0) is 16.8. The van der Waals surface area contributed by atoms with Gasteiger partial charge < -0.3 is 15.2 Å². The van der Waals surface area contributed by atoms with Gasteiger partial charge in [0.1, 0.15) is 0 Å². The lowest BCUT2D eigenvalue weighted by Crippen LogP contribution is -2.23. The van der Waals surface area contributed by atoms with E-state index < -0.39 is 10.9 Å². The minimum absolute atomic E-state index is 0.00127. The van der Waals surface area contributed by atoms with Crippen molar-refractivity contribution < 1.29 is 19.6 Å². The Balaban J connectivity index is 1.95. The molecule has 2 rings (SSSR count). The molecule has 0 atom stereocenters. The van der Waals surface area contributed by atoms with Gasteiger partial charge in [0.15, 0.2) is 0 Å². The average molecular weight is 331 g/mol. The lowest BCUT2D eigenvalue weighted by molar-refractivity contribution is -0.384. The van der Waals surface area contributed by atoms with Gasteiger partial charge in [0.05, 0.1) is 16.6 Å². The van der Waals surface area contributed by atoms with Crippen molar-refractivity contribution >= 4 is 35.0 Å². The number of nitro benzene ring substituents is 1. The summed E-state index contributed by atoms with van der Waals surface area (Å²) in [5.74, 6) is -1.65. The predicted molar refractivity (Wildman–Crippen MR) is 83.2 cm³/mol. The number of hydrogen-bond donors (Lipinski definition) is 1. The SMILES string of the molecule is O=C(CSc1ccccc1C(=O)[O-])Nc1ccc([N+](=O)[O-])cc1. The fourth-order valence-electron chi connectivity index (χ4n) is 1.77. The summed E-state index contributed by atoms with van der Waals surface area (Å²) in [5.41, 5.74) is 0.385. The van der Waals surface area contributed by atoms with Crippen LogP contribution in [0.5, 0.6) is 0 Å². The quantitative estimate of drug-likeness (QED) is 0.489. The van der Waals surface area contributed by atoms with Crippen molar-refractivity contribution in [2.24, 2.45) is 0 Å². The lowest BCUT2D eigenvalue weighted by atomic mass is 10.2. The number of non-ortho nitro benzene ring substituents is 1. The molecule has 2 aromatic rings. The van der Waals surface area contributed by atoms with Crippen LogP contribution in [0.15, 0.2) is 53.4 Å². The maximum absolute atomic E-state index is 11.9. The van der Waals surface area contributed by atoms with E-state index in [1.165, 1.54) is 30.3 Å². The first-order valence-corrected chi connectivity index (χ1v) is 7.43. The Bertz CT molecular complexity index is 746. The first-order valence-electron chi connectivity index (χ1n) is 6.45. The van der Waals surface area contributed by atoms with Gasteiger partial charge in [-0.2, -0.15) is 0 Å². The predicted octanol–water partition coefficient (Wildman–Crippen LogP) is 1.69. The highest BCUT2D eigenvalue weighted by molar-refractivity contribution is 8.00. The zero-order valence-corrected chi connectivity index (χ0v) is 12.5. The maximum Gasteiger partial charge on any atom is 0.269 e. The molecule has 0 aromatic heterocycles. The number of carbonyl (C=O) groups is 2. The van der Waals surface area contributed by atoms with Crippen LogP contribution < -0.4 is 10.4 Å². The second-order valence-corrected chi connectivity index (χ2v) is 5.44. The largest absolute Gasteiger partial charge is 0.545 e. The lowest BCUT2D eigenvalue weighted by Gasteiger charge is -2.09. The van der Waals surface area contributed by atoms with Crippen LogP contribution in [0.3, 0.4) is 0 Å². The number of anilines is 1. The summed E-state index contributed by atoms with van der Waals surface area (Å²) < 4.78 is 0. The third kappa shape index (κ3) is 4.55. The first-order chi connectivity index (χ1) is 11.0. The summed E-state index contributed by atoms with van der Waals surface area (Å²) in [6.07, 6.45) is 0. The van der Waals surface area contributed by atoms with Crippen molar-refractivity contribution in [3.8, 4) is 0 Å². The Morgan fingerprint density at radius 1 is 1.09 bits per heavy atom. The average Bonchev–Trinajstić information content (AvgIpc) is 2.53. The number of carboxylic acid groups (broad SMARTS) is 1. The van der Waals surface area contributed by atoms with E-state index in [2.05, 4.69) is 5.32 Å². The van der Waals surface area contributed by atoms with Gasteiger partial charge in [0, 0.05) is 28.3 Å². The molecule has 0 unspecified atom stereocenters. The van der Waals surface area contributed by atoms with Gasteiger partial charge in [-0.3, -0.25) is 14.9 Å². The normalized spacial score (nSPS) is 10.1. The van der Waals surface area contributed by atoms with Crippen molar-refractivity contribution in [1.82, 2.24) is 0 Å². The van der Waals surface area contributed by atoms with E-state index in [4.69, 9.17) is 0 Å². The number of carbonyl (C=O) groups excluding carboxylic acids is 2. The van der Waals surface area contributed by atoms with E-state index in [1.54, 1.807) is 18.2 Å². The molecule has 2 aromatic carbocycles. The van der Waals surface area contributed by atoms with Crippen molar-refractivity contribution in [2.45, 2.75) is 4.90 Å². The third-order valence-corrected chi connectivity index (χ3v) is 3.90. The number of aromatic carboxylic acids is 1. The second kappa shape index (κ2) is 7.41. The summed E-state index contributed by atoms with van der Waals surface area (Å²) in [6, 6.07) is 11.7. The van der Waals surface area contributed by atoms with Crippen LogP contribution in [0.4, 0.5) is 11.4 Å². The highest BCUT2D eigenvalue weighted by Gasteiger charge is 2.09. The molecule has 1 N–H and O–H groups in total. The molecule has 0 spiro atoms. The molecular formula is C15H11N2O5S-. The first kappa shape index (κ1) is 16.5. The molecule has 8 heteroatoms. The van der Waals surface area contributed by atoms with Gasteiger partial charge in [-0.15, -0.1) is 11.8 Å². The van der Waals surface area contributed by atoms with E-state index in [0.717, 1.165) is 11.8 Å². The highest BCUT2D eigenvalue weighted by atomic mass is 32.2. The topological polar surface area (TPSA) is 112 Å². The zero-order valence-electron chi connectivity index (χ0n) is 11.7. The van der Waals surface area contributed by atoms with Crippen LogP contribution in [-0.2, 0) is 4.79 Å². The Morgan fingerprint density at radius 3 is 2.35 bits per heavy atom. The molecule has 0 heterocycles. The van der Waals surface area contributed by atoms with Gasteiger partial charge in [-0.1, -0.05) is 18.2 Å². The van der Waals surface area contributed by atoms with Crippen LogP contribution >= 0.6 is 11.8 Å². The molecular weight excluding hydrogens is 320 g/mol. The molecule has 0 fully saturated rings. The second-order valence-electron chi connectivity index (χ2n) is 4.42. The maximum atomic E-state index is 11.9. The van der Waals surface area contributed by atoms with E-state index in [-0.39, 0.29) is 22.9 Å². The minimum Gasteiger partial charge on any atom is -0.545 e. The van der Waals surface area contributed by atoms with Crippen molar-refractivity contribution in [1.29, 1.82) is 0 Å². The summed E-state index contributed by atoms with van der Waals surface area (Å²) in [5, 5.41) is 24.1. The van der Waals surface area contributed by atoms with Gasteiger partial charge in [-0.05, 0) is 18.2 Å². The molecule has 0 aliphatic carbocycles. The number of nitrogens with one attached hydrogen (secondary N) is 1. The van der Waals surface area contributed by atoms with Crippen LogP contribution in [0.1, 0.15) is 10.4 Å². The highest BCUT2D eigenvalue weighted by Crippen LogP contribution is 2.22. The van der Waals surface area contributed by atoms with Crippen LogP contribution in [0.2, 0.25) is 0 Å². The molecule has 0 radical (unpaired) electrons. The molecule has 118 valence electrons. The molecule has 0 aliphatic rings. The molecule has 0 aliphatic heterocycles. The number of rotatable bonds is 6. The number of nitrogens with zero attached hydrogens (tertiary/aromatic N) is 1. The van der Waals surface area contributed by atoms with E-state index in [9.17, 15) is 24.8 Å². The minimum atomic E-state index is -1.30. The Morgan fingerprint density at radius 2 is 1.74 bits per heavy atom. The number of benzene rings is 2. The summed E-state index contributed by atoms with van der Waals surface area (Å²) in [7, 11) is 0. The Hall–Kier alpha value is -2.87. The number of nitro groups is 1. The molecule has 23 heavy (non-hydrogen) atoms. The molecule has 0 bridgehead atoms. The van der Waals surface area contributed by atoms with Crippen molar-refractivity contribution in [2.75, 3.05) is 11.1 Å². The number of carboxylic acids is 1. The smallest absolute Gasteiger partial charge is 0.269 e. The summed E-state index contributed by atoms with van der Waals surface area (Å²) in [4.78, 5) is 33.3. The van der Waals surface area contributed by atoms with E-state index in [0.29, 0.717) is 10.6 Å². The van der Waals surface area contributed by atoms with Crippen molar-refractivity contribution in [3.05, 3.63) is 64.2 Å². The van der Waals surface area contributed by atoms with Crippen LogP contribution in [0, 0.1) is 10.1 Å². The number of amides is 1. The molecule has 7 nitrogen and oxygen atoms in total. The summed E-state index contributed by atoms with van der Waals surface area (Å²) >= 11 is 1.07. The molecule has 1 amide bonds. The van der Waals surface area contributed by atoms with E-state index >= 15 is 0 Å². The third-order valence-electron chi connectivity index (χ3n) is 2.83. The fourth-order valence-corrected chi connectivity index (χ4v) is 2.61. The van der Waals surface area contributed by atoms with Crippen LogP contribution in [-0.4, -0.2) is 22.6 Å². The fraction of sp³-hybridized carbons (Fsp3) is 0.0667. The van der Waals surface area contributed by atoms with E-state index in [1.807, 2.05) is 0 Å². The van der Waals surface area contributed by atoms with Crippen molar-refractivity contribution in [3.63, 3.8) is 0 Å². The monoisotopic (exact) mass is 331 g/mol. The summed E-state index contributed by atoms with van der Waals surface area (Å²) in [6.45, 7) is 0. The molecule has 0 saturated carbocycles. The standard InChI is InChI=1S/C15H12N2O5S/c18-14(16-10-5-7-11(8-6-10)17(21)22)9-23-13-4-2-1-3-12(13)15(19)20/h1-8H,9H2,(H,16,18)(H,19,20)/p-1. The van der Waals surface area contributed by atoms with Gasteiger partial charge in [0.25, 0.3) is 5.69 Å². The molecule has 0 saturated heterocycles. The van der Waals surface area contributed by atoms with Crippen LogP contribution in [0.25, 0.3) is 0 Å². The Labute approximate surface area is 135 Å². The van der Waals surface area contributed by atoms with Gasteiger partial charge in [0.2, 0.25) is 5.91 Å². The van der Waals surface area contributed by atoms with Gasteiger partial charge in [-0.25, -0.2) is 0 Å². The Kier molecular flexibility index (Phi) is 5.32. The van der Waals surface area contributed by atoms with Gasteiger partial charge >= 0.3 is 0 Å². The number of thioether (sulfide) groups is 1. The number of hydrogen-bond acceptors (Lipinski definition) is 6.